The Morgan fingerprint density at radius 2 is 1.45 bits per heavy atom. The molecule has 0 atom stereocenters. The third-order valence-electron chi connectivity index (χ3n) is 3.09. The van der Waals surface area contributed by atoms with Gasteiger partial charge in [0.15, 0.2) is 5.78 Å². The van der Waals surface area contributed by atoms with E-state index in [1.54, 1.807) is 31.2 Å². The second-order valence-corrected chi connectivity index (χ2v) is 4.29. The summed E-state index contributed by atoms with van der Waals surface area (Å²) >= 11 is 0. The van der Waals surface area contributed by atoms with Gasteiger partial charge >= 0.3 is 0 Å². The Morgan fingerprint density at radius 3 is 1.91 bits per heavy atom. The number of benzene rings is 1. The molecule has 2 rings (SSSR count). The first-order valence-electron chi connectivity index (χ1n) is 7.90. The highest BCUT2D eigenvalue weighted by Gasteiger charge is 2.29. The molecule has 0 saturated carbocycles. The average Bonchev–Trinajstić information content (AvgIpc) is 2.60. The lowest BCUT2D eigenvalue weighted by Gasteiger charge is -2.20. The van der Waals surface area contributed by atoms with Crippen molar-refractivity contribution in [2.75, 3.05) is 0 Å². The van der Waals surface area contributed by atoms with Gasteiger partial charge in [0.25, 0.3) is 0 Å². The molecule has 1 aromatic carbocycles. The number of rotatable bonds is 3. The molecule has 3 heteroatoms. The number of allylic oxidation sites excluding steroid dienone is 3. The predicted octanol–water partition coefficient (Wildman–Crippen LogP) is 4.91. The molecule has 22 heavy (non-hydrogen) atoms. The number of hydrogen-bond donors (Lipinski definition) is 1. The van der Waals surface area contributed by atoms with Crippen molar-refractivity contribution in [1.82, 2.24) is 5.32 Å². The number of carbonyl (C=O) groups is 2. The summed E-state index contributed by atoms with van der Waals surface area (Å²) in [5.74, 6) is -0.242. The first-order chi connectivity index (χ1) is 10.6. The molecular formula is C19H27NO2. The second kappa shape index (κ2) is 9.72. The first kappa shape index (κ1) is 19.8. The van der Waals surface area contributed by atoms with Gasteiger partial charge in [0.2, 0.25) is 5.78 Å². The highest BCUT2D eigenvalue weighted by atomic mass is 16.1. The Balaban J connectivity index is 0.00000102. The number of ketones is 2. The van der Waals surface area contributed by atoms with E-state index in [0.717, 1.165) is 5.70 Å². The molecule has 0 aliphatic heterocycles. The predicted molar refractivity (Wildman–Crippen MR) is 93.1 cm³/mol. The van der Waals surface area contributed by atoms with Crippen LogP contribution in [0.4, 0.5) is 0 Å². The quantitative estimate of drug-likeness (QED) is 0.863. The zero-order chi connectivity index (χ0) is 17.3. The monoisotopic (exact) mass is 301 g/mol. The molecule has 0 radical (unpaired) electrons. The summed E-state index contributed by atoms with van der Waals surface area (Å²) in [4.78, 5) is 24.5. The van der Waals surface area contributed by atoms with Crippen molar-refractivity contribution in [3.63, 3.8) is 0 Å². The van der Waals surface area contributed by atoms with Gasteiger partial charge in [-0.3, -0.25) is 9.59 Å². The van der Waals surface area contributed by atoms with E-state index in [4.69, 9.17) is 0 Å². The van der Waals surface area contributed by atoms with Crippen LogP contribution >= 0.6 is 0 Å². The van der Waals surface area contributed by atoms with Gasteiger partial charge in [-0.2, -0.15) is 0 Å². The van der Waals surface area contributed by atoms with Gasteiger partial charge in [0.05, 0.1) is 5.70 Å². The lowest BCUT2D eigenvalue weighted by Crippen LogP contribution is -2.29. The van der Waals surface area contributed by atoms with E-state index < -0.39 is 0 Å². The summed E-state index contributed by atoms with van der Waals surface area (Å²) in [6, 6.07) is 6.89. The highest BCUT2D eigenvalue weighted by Crippen LogP contribution is 2.25. The minimum Gasteiger partial charge on any atom is -0.356 e. The summed E-state index contributed by atoms with van der Waals surface area (Å²) in [6.45, 7) is 15.4. The highest BCUT2D eigenvalue weighted by molar-refractivity contribution is 6.26. The van der Waals surface area contributed by atoms with Crippen LogP contribution in [-0.2, 0) is 0 Å². The zero-order valence-corrected chi connectivity index (χ0v) is 14.5. The van der Waals surface area contributed by atoms with Crippen molar-refractivity contribution in [3.8, 4) is 0 Å². The van der Waals surface area contributed by atoms with Crippen LogP contribution in [0.25, 0.3) is 0 Å². The fraction of sp³-hybridized carbons (Fsp3) is 0.368. The molecule has 1 N–H and O–H groups in total. The number of hydrogen-bond acceptors (Lipinski definition) is 3. The lowest BCUT2D eigenvalue weighted by molar-refractivity contribution is 0.0970. The number of carbonyl (C=O) groups excluding carboxylic acids is 2. The molecule has 1 aliphatic rings. The smallest absolute Gasteiger partial charge is 0.210 e. The summed E-state index contributed by atoms with van der Waals surface area (Å²) in [5, 5.41) is 2.95. The van der Waals surface area contributed by atoms with E-state index in [2.05, 4.69) is 11.9 Å². The standard InChI is InChI=1S/C15H15NO2.2C2H6/c1-4-9(2)16-13-10(3)14(17)11-7-5-6-8-12(11)15(13)18;2*1-2/h5-8,16H,2,4H2,1,3H3;2*1-2H3. The Labute approximate surface area is 134 Å². The summed E-state index contributed by atoms with van der Waals surface area (Å²) in [7, 11) is 0. The van der Waals surface area contributed by atoms with Crippen molar-refractivity contribution in [2.45, 2.75) is 48.0 Å². The maximum absolute atomic E-state index is 12.3. The minimum absolute atomic E-state index is 0.100. The van der Waals surface area contributed by atoms with Crippen molar-refractivity contribution >= 4 is 11.6 Å². The Kier molecular flexibility index (Phi) is 8.76. The van der Waals surface area contributed by atoms with Crippen LogP contribution in [0.3, 0.4) is 0 Å². The normalized spacial score (nSPS) is 12.5. The SMILES string of the molecule is C=C(CC)NC1=C(C)C(=O)c2ccccc2C1=O.CC.CC. The van der Waals surface area contributed by atoms with Gasteiger partial charge in [-0.1, -0.05) is 65.5 Å². The Morgan fingerprint density at radius 1 is 1.00 bits per heavy atom. The topological polar surface area (TPSA) is 46.2 Å². The molecule has 0 bridgehead atoms. The molecule has 3 nitrogen and oxygen atoms in total. The van der Waals surface area contributed by atoms with Crippen LogP contribution in [0.2, 0.25) is 0 Å². The van der Waals surface area contributed by atoms with Gasteiger partial charge in [-0.05, 0) is 13.3 Å². The van der Waals surface area contributed by atoms with Crippen molar-refractivity contribution in [1.29, 1.82) is 0 Å². The van der Waals surface area contributed by atoms with Crippen LogP contribution in [0, 0.1) is 0 Å². The second-order valence-electron chi connectivity index (χ2n) is 4.29. The first-order valence-corrected chi connectivity index (χ1v) is 7.90. The zero-order valence-electron chi connectivity index (χ0n) is 14.5. The van der Waals surface area contributed by atoms with Crippen LogP contribution < -0.4 is 5.32 Å². The van der Waals surface area contributed by atoms with E-state index >= 15 is 0 Å². The molecular weight excluding hydrogens is 274 g/mol. The van der Waals surface area contributed by atoms with E-state index in [1.165, 1.54) is 0 Å². The van der Waals surface area contributed by atoms with Gasteiger partial charge in [0, 0.05) is 22.4 Å². The lowest BCUT2D eigenvalue weighted by atomic mass is 9.88. The number of fused-ring (bicyclic) bond motifs is 1. The fourth-order valence-electron chi connectivity index (χ4n) is 1.92. The largest absolute Gasteiger partial charge is 0.356 e. The number of Topliss-reactive ketones (excluding diaryl/α,β-unsaturated/α-hetero) is 2. The molecule has 0 aromatic heterocycles. The van der Waals surface area contributed by atoms with Crippen LogP contribution in [-0.4, -0.2) is 11.6 Å². The van der Waals surface area contributed by atoms with E-state index in [-0.39, 0.29) is 11.6 Å². The maximum Gasteiger partial charge on any atom is 0.210 e. The maximum atomic E-state index is 12.3. The average molecular weight is 301 g/mol. The summed E-state index contributed by atoms with van der Waals surface area (Å²) in [6.07, 6.45) is 0.708. The van der Waals surface area contributed by atoms with Gasteiger partial charge in [-0.15, -0.1) is 0 Å². The molecule has 0 spiro atoms. The molecule has 0 heterocycles. The fourth-order valence-corrected chi connectivity index (χ4v) is 1.92. The van der Waals surface area contributed by atoms with Gasteiger partial charge < -0.3 is 5.32 Å². The molecule has 1 aromatic rings. The van der Waals surface area contributed by atoms with Crippen LogP contribution in [0.15, 0.2) is 47.8 Å². The Bertz CT molecular complexity index is 583. The van der Waals surface area contributed by atoms with Gasteiger partial charge in [-0.25, -0.2) is 0 Å². The molecule has 0 amide bonds. The summed E-state index contributed by atoms with van der Waals surface area (Å²) < 4.78 is 0. The Hall–Kier alpha value is -2.16. The minimum atomic E-state index is -0.141. The molecule has 120 valence electrons. The third kappa shape index (κ3) is 4.17. The van der Waals surface area contributed by atoms with E-state index in [9.17, 15) is 9.59 Å². The molecule has 0 unspecified atom stereocenters. The molecule has 1 aliphatic carbocycles. The van der Waals surface area contributed by atoms with Crippen molar-refractivity contribution in [2.24, 2.45) is 0 Å². The third-order valence-corrected chi connectivity index (χ3v) is 3.09. The molecule has 0 fully saturated rings. The number of nitrogens with one attached hydrogen (secondary N) is 1. The van der Waals surface area contributed by atoms with Crippen molar-refractivity contribution in [3.05, 3.63) is 58.9 Å². The van der Waals surface area contributed by atoms with Gasteiger partial charge in [0.1, 0.15) is 0 Å². The van der Waals surface area contributed by atoms with Crippen LogP contribution in [0.1, 0.15) is 68.7 Å². The van der Waals surface area contributed by atoms with E-state index in [1.807, 2.05) is 34.6 Å². The van der Waals surface area contributed by atoms with E-state index in [0.29, 0.717) is 28.8 Å². The summed E-state index contributed by atoms with van der Waals surface area (Å²) in [5.41, 5.74) is 2.47. The molecule has 0 saturated heterocycles. The van der Waals surface area contributed by atoms with Crippen LogP contribution in [0.5, 0.6) is 0 Å². The van der Waals surface area contributed by atoms with Crippen molar-refractivity contribution < 1.29 is 9.59 Å².